The molecule has 0 aliphatic carbocycles. The molecule has 0 radical (unpaired) electrons. The van der Waals surface area contributed by atoms with Gasteiger partial charge in [0.1, 0.15) is 5.75 Å². The third kappa shape index (κ3) is 4.46. The van der Waals surface area contributed by atoms with Crippen LogP contribution in [0.25, 0.3) is 0 Å². The summed E-state index contributed by atoms with van der Waals surface area (Å²) in [5.41, 5.74) is 0.512. The van der Waals surface area contributed by atoms with E-state index >= 15 is 0 Å². The second-order valence-corrected chi connectivity index (χ2v) is 4.67. The molecule has 0 spiro atoms. The first kappa shape index (κ1) is 15.3. The summed E-state index contributed by atoms with van der Waals surface area (Å²) in [6.07, 6.45) is 2.17. The number of nitrogens with zero attached hydrogens (tertiary/aromatic N) is 1. The second kappa shape index (κ2) is 7.64. The van der Waals surface area contributed by atoms with E-state index in [1.165, 1.54) is 7.11 Å². The Hall–Kier alpha value is -2.08. The monoisotopic (exact) mass is 292 g/mol. The quantitative estimate of drug-likeness (QED) is 0.676. The van der Waals surface area contributed by atoms with Crippen molar-refractivity contribution in [3.05, 3.63) is 29.8 Å². The molecule has 1 heterocycles. The molecular formula is C15H20N2O4. The number of carbonyl (C=O) groups excluding carboxylic acids is 1. The van der Waals surface area contributed by atoms with Crippen LogP contribution in [0.5, 0.6) is 5.75 Å². The van der Waals surface area contributed by atoms with Crippen LogP contribution >= 0.6 is 0 Å². The van der Waals surface area contributed by atoms with E-state index in [9.17, 15) is 4.79 Å². The summed E-state index contributed by atoms with van der Waals surface area (Å²) >= 11 is 0. The van der Waals surface area contributed by atoms with Crippen molar-refractivity contribution in [2.75, 3.05) is 27.4 Å². The van der Waals surface area contributed by atoms with E-state index in [4.69, 9.17) is 14.2 Å². The van der Waals surface area contributed by atoms with Crippen molar-refractivity contribution in [1.29, 1.82) is 0 Å². The zero-order valence-corrected chi connectivity index (χ0v) is 12.3. The Balaban J connectivity index is 1.92. The summed E-state index contributed by atoms with van der Waals surface area (Å²) in [5.74, 6) is 0.427. The van der Waals surface area contributed by atoms with Crippen LogP contribution < -0.4 is 10.1 Å². The molecule has 1 aliphatic heterocycles. The van der Waals surface area contributed by atoms with E-state index in [1.54, 1.807) is 31.4 Å². The highest BCUT2D eigenvalue weighted by Crippen LogP contribution is 2.12. The van der Waals surface area contributed by atoms with Crippen LogP contribution in [0.3, 0.4) is 0 Å². The predicted octanol–water partition coefficient (Wildman–Crippen LogP) is 1.61. The zero-order chi connectivity index (χ0) is 15.1. The number of hydrogen-bond acceptors (Lipinski definition) is 5. The van der Waals surface area contributed by atoms with Crippen LogP contribution in [0.1, 0.15) is 23.2 Å². The SMILES string of the molecule is COC(=NCC1CCCO1)NC(=O)c1ccc(OC)cc1. The molecule has 1 aromatic rings. The summed E-state index contributed by atoms with van der Waals surface area (Å²) in [7, 11) is 3.05. The molecule has 1 aliphatic rings. The standard InChI is InChI=1S/C15H20N2O4/c1-19-12-7-5-11(6-8-12)14(18)17-15(20-2)16-10-13-4-3-9-21-13/h5-8,13H,3-4,9-10H2,1-2H3,(H,16,17,18). The Morgan fingerprint density at radius 2 is 2.14 bits per heavy atom. The molecule has 21 heavy (non-hydrogen) atoms. The zero-order valence-electron chi connectivity index (χ0n) is 12.3. The van der Waals surface area contributed by atoms with Crippen LogP contribution in [-0.2, 0) is 9.47 Å². The number of aliphatic imine (C=N–C) groups is 1. The van der Waals surface area contributed by atoms with Crippen LogP contribution in [0.2, 0.25) is 0 Å². The van der Waals surface area contributed by atoms with Crippen molar-refractivity contribution < 1.29 is 19.0 Å². The highest BCUT2D eigenvalue weighted by atomic mass is 16.5. The van der Waals surface area contributed by atoms with Gasteiger partial charge in [-0.25, -0.2) is 4.99 Å². The molecule has 0 saturated carbocycles. The van der Waals surface area contributed by atoms with Crippen LogP contribution in [0, 0.1) is 0 Å². The third-order valence-corrected chi connectivity index (χ3v) is 3.23. The highest BCUT2D eigenvalue weighted by Gasteiger charge is 2.16. The number of hydrogen-bond donors (Lipinski definition) is 1. The number of carbonyl (C=O) groups is 1. The molecule has 1 fully saturated rings. The first-order chi connectivity index (χ1) is 10.2. The molecule has 0 aromatic heterocycles. The maximum atomic E-state index is 12.1. The van der Waals surface area contributed by atoms with Gasteiger partial charge in [-0.2, -0.15) is 0 Å². The Kier molecular flexibility index (Phi) is 5.57. The van der Waals surface area contributed by atoms with E-state index in [1.807, 2.05) is 0 Å². The normalized spacial score (nSPS) is 18.4. The molecule has 1 unspecified atom stereocenters. The van der Waals surface area contributed by atoms with E-state index < -0.39 is 0 Å². The molecular weight excluding hydrogens is 272 g/mol. The molecule has 1 aromatic carbocycles. The van der Waals surface area contributed by atoms with Gasteiger partial charge >= 0.3 is 0 Å². The predicted molar refractivity (Wildman–Crippen MR) is 78.7 cm³/mol. The first-order valence-corrected chi connectivity index (χ1v) is 6.88. The Bertz CT molecular complexity index is 493. The van der Waals surface area contributed by atoms with Crippen molar-refractivity contribution in [3.8, 4) is 5.75 Å². The Labute approximate surface area is 124 Å². The van der Waals surface area contributed by atoms with Crippen molar-refractivity contribution >= 4 is 11.9 Å². The lowest BCUT2D eigenvalue weighted by atomic mass is 10.2. The molecule has 1 N–H and O–H groups in total. The second-order valence-electron chi connectivity index (χ2n) is 4.67. The number of benzene rings is 1. The maximum Gasteiger partial charge on any atom is 0.291 e. The van der Waals surface area contributed by atoms with Gasteiger partial charge in [-0.1, -0.05) is 0 Å². The molecule has 6 nitrogen and oxygen atoms in total. The van der Waals surface area contributed by atoms with E-state index in [0.29, 0.717) is 17.9 Å². The number of rotatable bonds is 4. The molecule has 1 saturated heterocycles. The fourth-order valence-corrected chi connectivity index (χ4v) is 2.04. The first-order valence-electron chi connectivity index (χ1n) is 6.88. The van der Waals surface area contributed by atoms with Crippen LogP contribution in [-0.4, -0.2) is 45.4 Å². The number of ether oxygens (including phenoxy) is 3. The molecule has 114 valence electrons. The van der Waals surface area contributed by atoms with E-state index in [2.05, 4.69) is 10.3 Å². The number of amidine groups is 1. The van der Waals surface area contributed by atoms with Gasteiger partial charge in [0.05, 0.1) is 26.9 Å². The van der Waals surface area contributed by atoms with Crippen molar-refractivity contribution in [2.24, 2.45) is 4.99 Å². The summed E-state index contributed by atoms with van der Waals surface area (Å²) in [5, 5.41) is 2.64. The fourth-order valence-electron chi connectivity index (χ4n) is 2.04. The van der Waals surface area contributed by atoms with Gasteiger partial charge in [0, 0.05) is 12.2 Å². The summed E-state index contributed by atoms with van der Waals surface area (Å²) in [4.78, 5) is 16.3. The average molecular weight is 292 g/mol. The van der Waals surface area contributed by atoms with Crippen LogP contribution in [0.15, 0.2) is 29.3 Å². The summed E-state index contributed by atoms with van der Waals surface area (Å²) in [6.45, 7) is 1.27. The Morgan fingerprint density at radius 1 is 1.38 bits per heavy atom. The topological polar surface area (TPSA) is 69.2 Å². The van der Waals surface area contributed by atoms with Gasteiger partial charge in [-0.05, 0) is 37.1 Å². The molecule has 2 rings (SSSR count). The van der Waals surface area contributed by atoms with Gasteiger partial charge in [0.2, 0.25) is 0 Å². The van der Waals surface area contributed by atoms with Gasteiger partial charge in [0.15, 0.2) is 0 Å². The fraction of sp³-hybridized carbons (Fsp3) is 0.467. The van der Waals surface area contributed by atoms with Gasteiger partial charge < -0.3 is 14.2 Å². The number of methoxy groups -OCH3 is 2. The minimum Gasteiger partial charge on any atom is -0.497 e. The van der Waals surface area contributed by atoms with Crippen molar-refractivity contribution in [2.45, 2.75) is 18.9 Å². The lowest BCUT2D eigenvalue weighted by Gasteiger charge is -2.10. The molecule has 0 bridgehead atoms. The molecule has 1 amide bonds. The Morgan fingerprint density at radius 3 is 2.71 bits per heavy atom. The highest BCUT2D eigenvalue weighted by molar-refractivity contribution is 6.04. The number of nitrogens with one attached hydrogen (secondary N) is 1. The smallest absolute Gasteiger partial charge is 0.291 e. The minimum atomic E-state index is -0.273. The van der Waals surface area contributed by atoms with E-state index in [-0.39, 0.29) is 18.0 Å². The molecule has 6 heteroatoms. The lowest BCUT2D eigenvalue weighted by Crippen LogP contribution is -2.32. The van der Waals surface area contributed by atoms with Crippen LogP contribution in [0.4, 0.5) is 0 Å². The molecule has 1 atom stereocenters. The summed E-state index contributed by atoms with van der Waals surface area (Å²) in [6, 6.07) is 7.02. The van der Waals surface area contributed by atoms with E-state index in [0.717, 1.165) is 19.4 Å². The largest absolute Gasteiger partial charge is 0.497 e. The number of amides is 1. The summed E-state index contributed by atoms with van der Waals surface area (Å²) < 4.78 is 15.6. The minimum absolute atomic E-state index is 0.119. The lowest BCUT2D eigenvalue weighted by molar-refractivity contribution is 0.0966. The van der Waals surface area contributed by atoms with Crippen molar-refractivity contribution in [1.82, 2.24) is 5.32 Å². The maximum absolute atomic E-state index is 12.1. The van der Waals surface area contributed by atoms with Gasteiger partial charge in [0.25, 0.3) is 11.9 Å². The third-order valence-electron chi connectivity index (χ3n) is 3.23. The van der Waals surface area contributed by atoms with Gasteiger partial charge in [-0.3, -0.25) is 10.1 Å². The van der Waals surface area contributed by atoms with Crippen molar-refractivity contribution in [3.63, 3.8) is 0 Å². The van der Waals surface area contributed by atoms with Gasteiger partial charge in [-0.15, -0.1) is 0 Å². The average Bonchev–Trinajstić information content (AvgIpc) is 3.04.